The fraction of sp³-hybridized carbons (Fsp3) is 0.722. The van der Waals surface area contributed by atoms with Crippen molar-refractivity contribution in [2.75, 3.05) is 159 Å². The Morgan fingerprint density at radius 1 is 0.426 bits per heavy atom. The van der Waals surface area contributed by atoms with Gasteiger partial charge in [0.15, 0.2) is 0 Å². The average Bonchev–Trinajstić information content (AvgIpc) is 3.18. The van der Waals surface area contributed by atoms with Crippen LogP contribution in [0.3, 0.4) is 0 Å². The van der Waals surface area contributed by atoms with Crippen LogP contribution in [0.25, 0.3) is 0 Å². The number of Topliss-reactive ketones (excluding diaryl/α,β-unsaturated/α-hetero) is 1. The Kier molecular flexibility index (Phi) is 34.5. The van der Waals surface area contributed by atoms with Crippen LogP contribution in [0.4, 0.5) is 0 Å². The molecule has 54 heavy (non-hydrogen) atoms. The van der Waals surface area contributed by atoms with E-state index in [9.17, 15) is 19.2 Å². The lowest BCUT2D eigenvalue weighted by molar-refractivity contribution is -0.151. The van der Waals surface area contributed by atoms with Gasteiger partial charge in [0.25, 0.3) is 0 Å². The molecule has 310 valence electrons. The maximum absolute atomic E-state index is 11.4. The van der Waals surface area contributed by atoms with Gasteiger partial charge < -0.3 is 66.7 Å². The molecule has 0 saturated carbocycles. The first-order chi connectivity index (χ1) is 26.5. The highest BCUT2D eigenvalue weighted by atomic mass is 16.6. The normalized spacial score (nSPS) is 11.1. The number of ketones is 1. The Morgan fingerprint density at radius 2 is 0.722 bits per heavy atom. The molecule has 0 bridgehead atoms. The molecule has 0 aliphatic rings. The second kappa shape index (κ2) is 38.1. The van der Waals surface area contributed by atoms with E-state index < -0.39 is 24.1 Å². The molecule has 0 radical (unpaired) electrons. The fourth-order valence-corrected chi connectivity index (χ4v) is 3.77. The summed E-state index contributed by atoms with van der Waals surface area (Å²) in [7, 11) is 0. The van der Waals surface area contributed by atoms with E-state index in [4.69, 9.17) is 66.7 Å². The van der Waals surface area contributed by atoms with Crippen LogP contribution < -0.4 is 4.74 Å². The number of benzene rings is 1. The molecule has 18 heteroatoms. The van der Waals surface area contributed by atoms with Crippen LogP contribution in [-0.2, 0) is 71.2 Å². The molecular weight excluding hydrogens is 720 g/mol. The molecule has 0 saturated heterocycles. The molecule has 0 spiro atoms. The number of esters is 1. The van der Waals surface area contributed by atoms with Crippen LogP contribution in [0.15, 0.2) is 24.3 Å². The predicted octanol–water partition coefficient (Wildman–Crippen LogP) is 1.04. The summed E-state index contributed by atoms with van der Waals surface area (Å²) in [4.78, 5) is 43.3. The van der Waals surface area contributed by atoms with Crippen LogP contribution in [0.5, 0.6) is 5.75 Å². The van der Waals surface area contributed by atoms with E-state index >= 15 is 0 Å². The first-order valence-electron chi connectivity index (χ1n) is 18.0. The Balaban J connectivity index is 1.65. The molecule has 0 aromatic heterocycles. The number of hydrogen-bond acceptors (Lipinski definition) is 17. The third kappa shape index (κ3) is 33.4. The highest BCUT2D eigenvalue weighted by Crippen LogP contribution is 2.10. The van der Waals surface area contributed by atoms with Crippen molar-refractivity contribution < 1.29 is 85.9 Å². The van der Waals surface area contributed by atoms with Crippen molar-refractivity contribution in [2.24, 2.45) is 0 Å². The van der Waals surface area contributed by atoms with Gasteiger partial charge in [-0.1, -0.05) is 0 Å². The Morgan fingerprint density at radius 3 is 1.02 bits per heavy atom. The summed E-state index contributed by atoms with van der Waals surface area (Å²) >= 11 is 0. The summed E-state index contributed by atoms with van der Waals surface area (Å²) in [5, 5.41) is 8.45. The molecule has 0 fully saturated rings. The van der Waals surface area contributed by atoms with Crippen molar-refractivity contribution in [2.45, 2.75) is 12.8 Å². The number of aliphatic carboxylic acids is 1. The summed E-state index contributed by atoms with van der Waals surface area (Å²) < 4.78 is 70.1. The van der Waals surface area contributed by atoms with E-state index in [1.54, 1.807) is 24.3 Å². The predicted molar refractivity (Wildman–Crippen MR) is 189 cm³/mol. The van der Waals surface area contributed by atoms with Gasteiger partial charge in [0.2, 0.25) is 5.78 Å². The van der Waals surface area contributed by atoms with Crippen molar-refractivity contribution in [3.8, 4) is 5.75 Å². The van der Waals surface area contributed by atoms with E-state index in [0.29, 0.717) is 157 Å². The van der Waals surface area contributed by atoms with Crippen molar-refractivity contribution >= 4 is 24.0 Å². The van der Waals surface area contributed by atoms with Gasteiger partial charge in [0.1, 0.15) is 25.2 Å². The fourth-order valence-electron chi connectivity index (χ4n) is 3.77. The first-order valence-corrected chi connectivity index (χ1v) is 18.0. The highest BCUT2D eigenvalue weighted by molar-refractivity contribution is 6.32. The van der Waals surface area contributed by atoms with Crippen LogP contribution in [0.1, 0.15) is 23.2 Å². The van der Waals surface area contributed by atoms with Gasteiger partial charge in [0.05, 0.1) is 152 Å². The summed E-state index contributed by atoms with van der Waals surface area (Å²) in [5.74, 6) is -2.56. The molecule has 1 aromatic carbocycles. The van der Waals surface area contributed by atoms with E-state index in [-0.39, 0.29) is 19.6 Å². The zero-order chi connectivity index (χ0) is 39.0. The average molecular weight is 779 g/mol. The largest absolute Gasteiger partial charge is 0.491 e. The van der Waals surface area contributed by atoms with Crippen LogP contribution in [0, 0.1) is 0 Å². The topological polar surface area (TPSA) is 208 Å². The number of carboxylic acids is 1. The lowest BCUT2D eigenvalue weighted by atomic mass is 10.2. The van der Waals surface area contributed by atoms with Gasteiger partial charge >= 0.3 is 11.9 Å². The van der Waals surface area contributed by atoms with E-state index in [2.05, 4.69) is 0 Å². The van der Waals surface area contributed by atoms with Crippen molar-refractivity contribution in [3.63, 3.8) is 0 Å². The number of ether oxygens (including phenoxy) is 13. The van der Waals surface area contributed by atoms with Gasteiger partial charge in [-0.15, -0.1) is 0 Å². The summed E-state index contributed by atoms with van der Waals surface area (Å²) in [6.07, 6.45) is 0.121. The number of carbonyl (C=O) groups is 4. The first kappa shape index (κ1) is 48.9. The molecule has 0 unspecified atom stereocenters. The minimum atomic E-state index is -1.57. The van der Waals surface area contributed by atoms with Crippen molar-refractivity contribution in [1.82, 2.24) is 0 Å². The number of aldehydes is 1. The van der Waals surface area contributed by atoms with Crippen molar-refractivity contribution in [1.29, 1.82) is 0 Å². The highest BCUT2D eigenvalue weighted by Gasteiger charge is 2.14. The summed E-state index contributed by atoms with van der Waals surface area (Å²) in [6.45, 7) is 9.90. The molecule has 0 heterocycles. The standard InChI is InChI=1S/C36H58O18/c37-31-32-1-3-33(4-2-32)53-29-27-51-25-23-49-21-19-47-17-15-45-13-11-43-9-7-42-8-10-44-12-14-46-16-18-48-20-22-50-24-26-52-28-30-54-35(39)6-5-34(38)36(40)41/h1-4,31H,5-30H2,(H,40,41). The molecule has 0 aliphatic carbocycles. The quantitative estimate of drug-likeness (QED) is 0.0426. The smallest absolute Gasteiger partial charge is 0.372 e. The maximum Gasteiger partial charge on any atom is 0.372 e. The Hall–Kier alpha value is -3.14. The lowest BCUT2D eigenvalue weighted by Gasteiger charge is -2.09. The van der Waals surface area contributed by atoms with Gasteiger partial charge in [-0.25, -0.2) is 4.79 Å². The lowest BCUT2D eigenvalue weighted by Crippen LogP contribution is -2.17. The second-order valence-corrected chi connectivity index (χ2v) is 10.7. The molecule has 0 aliphatic heterocycles. The maximum atomic E-state index is 11.4. The molecule has 18 nitrogen and oxygen atoms in total. The van der Waals surface area contributed by atoms with Crippen LogP contribution in [0.2, 0.25) is 0 Å². The van der Waals surface area contributed by atoms with Gasteiger partial charge in [-0.2, -0.15) is 0 Å². The minimum absolute atomic E-state index is 0.00844. The van der Waals surface area contributed by atoms with Crippen LogP contribution >= 0.6 is 0 Å². The van der Waals surface area contributed by atoms with Gasteiger partial charge in [-0.05, 0) is 24.3 Å². The zero-order valence-electron chi connectivity index (χ0n) is 31.2. The summed E-state index contributed by atoms with van der Waals surface area (Å²) in [6, 6.07) is 6.90. The summed E-state index contributed by atoms with van der Waals surface area (Å²) in [5.41, 5.74) is 0.608. The third-order valence-electron chi connectivity index (χ3n) is 6.52. The molecule has 0 atom stereocenters. The molecule has 0 amide bonds. The third-order valence-corrected chi connectivity index (χ3v) is 6.52. The monoisotopic (exact) mass is 778 g/mol. The van der Waals surface area contributed by atoms with Crippen LogP contribution in [-0.4, -0.2) is 188 Å². The van der Waals surface area contributed by atoms with E-state index in [1.807, 2.05) is 0 Å². The van der Waals surface area contributed by atoms with E-state index in [0.717, 1.165) is 6.29 Å². The molecule has 1 N–H and O–H groups in total. The Bertz CT molecular complexity index is 1040. The molecular formula is C36H58O18. The minimum Gasteiger partial charge on any atom is -0.491 e. The SMILES string of the molecule is O=Cc1ccc(OCCOCCOCCOCCOCCOCCOCCOCCOCCOCCOCCOCCOC(=O)CCC(=O)C(=O)O)cc1. The van der Waals surface area contributed by atoms with Gasteiger partial charge in [0, 0.05) is 12.0 Å². The zero-order valence-corrected chi connectivity index (χ0v) is 31.2. The number of carboxylic acid groups (broad SMARTS) is 1. The van der Waals surface area contributed by atoms with E-state index in [1.165, 1.54) is 0 Å². The molecule has 1 rings (SSSR count). The second-order valence-electron chi connectivity index (χ2n) is 10.7. The molecule has 1 aromatic rings. The van der Waals surface area contributed by atoms with Gasteiger partial charge in [-0.3, -0.25) is 14.4 Å². The van der Waals surface area contributed by atoms with Crippen molar-refractivity contribution in [3.05, 3.63) is 29.8 Å². The number of carbonyl (C=O) groups excluding carboxylic acids is 3. The Labute approximate surface area is 316 Å². The number of rotatable bonds is 42. The number of hydrogen-bond donors (Lipinski definition) is 1.